The summed E-state index contributed by atoms with van der Waals surface area (Å²) in [7, 11) is -2.76. The molecule has 0 heterocycles. The summed E-state index contributed by atoms with van der Waals surface area (Å²) in [5.74, 6) is 0. The molecule has 0 nitrogen and oxygen atoms in total. The Morgan fingerprint density at radius 2 is 0.967 bits per heavy atom. The Morgan fingerprint density at radius 3 is 1.43 bits per heavy atom. The van der Waals surface area contributed by atoms with E-state index in [2.05, 4.69) is 19.1 Å². The molecule has 0 aromatic heterocycles. The highest BCUT2D eigenvalue weighted by Gasteiger charge is 2.31. The molecule has 160 valence electrons. The molecule has 0 radical (unpaired) electrons. The number of unbranched alkanes of at least 4 members (excludes halogenated alkanes) is 5. The highest BCUT2D eigenvalue weighted by atomic mass is 32.3. The lowest BCUT2D eigenvalue weighted by Crippen LogP contribution is -1.99. The molecular weight excluding hydrogens is 387 g/mol. The van der Waals surface area contributed by atoms with E-state index in [9.17, 15) is 0 Å². The fourth-order valence-electron chi connectivity index (χ4n) is 3.81. The summed E-state index contributed by atoms with van der Waals surface area (Å²) in [6.07, 6.45) is 8.88. The van der Waals surface area contributed by atoms with Crippen LogP contribution in [0, 0.1) is 13.8 Å². The predicted molar refractivity (Wildman–Crippen MR) is 129 cm³/mol. The zero-order valence-corrected chi connectivity index (χ0v) is 19.5. The van der Waals surface area contributed by atoms with Crippen molar-refractivity contribution in [2.75, 3.05) is 0 Å². The molecule has 3 rings (SSSR count). The van der Waals surface area contributed by atoms with Crippen LogP contribution in [-0.2, 0) is 6.42 Å². The van der Waals surface area contributed by atoms with Gasteiger partial charge in [-0.3, -0.25) is 0 Å². The van der Waals surface area contributed by atoms with Gasteiger partial charge in [0.2, 0.25) is 0 Å². The van der Waals surface area contributed by atoms with Crippen molar-refractivity contribution in [1.29, 1.82) is 0 Å². The van der Waals surface area contributed by atoms with Crippen LogP contribution in [0.1, 0.15) is 62.1 Å². The first-order chi connectivity index (χ1) is 14.5. The number of benzene rings is 3. The van der Waals surface area contributed by atoms with Crippen molar-refractivity contribution in [2.45, 2.75) is 80.4 Å². The largest absolute Gasteiger partial charge is 0.175 e. The molecule has 0 fully saturated rings. The number of hydrogen-bond donors (Lipinski definition) is 0. The summed E-state index contributed by atoms with van der Waals surface area (Å²) in [4.78, 5) is 2.31. The molecule has 0 amide bonds. The number of halogens is 1. The van der Waals surface area contributed by atoms with E-state index in [1.807, 2.05) is 74.5 Å². The van der Waals surface area contributed by atoms with E-state index in [4.69, 9.17) is 0 Å². The van der Waals surface area contributed by atoms with Gasteiger partial charge in [-0.1, -0.05) is 86.6 Å². The summed E-state index contributed by atoms with van der Waals surface area (Å²) in [6.45, 7) is 6.34. The zero-order chi connectivity index (χ0) is 21.4. The van der Waals surface area contributed by atoms with Gasteiger partial charge < -0.3 is 0 Å². The second-order valence-corrected chi connectivity index (χ2v) is 10.8. The first-order valence-corrected chi connectivity index (χ1v) is 12.8. The van der Waals surface area contributed by atoms with Crippen molar-refractivity contribution in [3.8, 4) is 0 Å². The van der Waals surface area contributed by atoms with Gasteiger partial charge in [-0.05, 0) is 79.1 Å². The van der Waals surface area contributed by atoms with Gasteiger partial charge >= 0.3 is 0 Å². The van der Waals surface area contributed by atoms with E-state index < -0.39 is 10.4 Å². The predicted octanol–water partition coefficient (Wildman–Crippen LogP) is 9.37. The maximum absolute atomic E-state index is 16.9. The third kappa shape index (κ3) is 5.55. The Labute approximate surface area is 184 Å². The van der Waals surface area contributed by atoms with Crippen molar-refractivity contribution in [1.82, 2.24) is 0 Å². The van der Waals surface area contributed by atoms with Gasteiger partial charge in [0.15, 0.2) is 0 Å². The average Bonchev–Trinajstić information content (AvgIpc) is 2.77. The van der Waals surface area contributed by atoms with Crippen LogP contribution in [0.2, 0.25) is 0 Å². The minimum absolute atomic E-state index is 0.764. The first-order valence-electron chi connectivity index (χ1n) is 11.3. The van der Waals surface area contributed by atoms with Gasteiger partial charge in [-0.25, -0.2) is 0 Å². The van der Waals surface area contributed by atoms with Crippen LogP contribution < -0.4 is 0 Å². The maximum atomic E-state index is 16.9. The number of rotatable bonds is 10. The maximum Gasteiger partial charge on any atom is 0.0263 e. The SMILES string of the molecule is CCCCCCCCc1ccc(S(F)(c2ccc(C)cc2)c2ccc(C)cc2)cc1. The fraction of sp³-hybridized carbons (Fsp3) is 0.357. The van der Waals surface area contributed by atoms with Gasteiger partial charge in [-0.15, -0.1) is 0 Å². The van der Waals surface area contributed by atoms with E-state index in [1.54, 1.807) is 0 Å². The van der Waals surface area contributed by atoms with E-state index in [0.717, 1.165) is 32.2 Å². The summed E-state index contributed by atoms with van der Waals surface area (Å²) >= 11 is 0. The van der Waals surface area contributed by atoms with Crippen LogP contribution in [-0.4, -0.2) is 0 Å². The summed E-state index contributed by atoms with van der Waals surface area (Å²) in [6, 6.07) is 24.1. The highest BCUT2D eigenvalue weighted by molar-refractivity contribution is 8.29. The van der Waals surface area contributed by atoms with Gasteiger partial charge in [0.1, 0.15) is 0 Å². The van der Waals surface area contributed by atoms with Gasteiger partial charge in [0, 0.05) is 14.7 Å². The number of aryl methyl sites for hydroxylation is 3. The van der Waals surface area contributed by atoms with Crippen LogP contribution in [0.3, 0.4) is 0 Å². The topological polar surface area (TPSA) is 0 Å². The molecule has 0 aliphatic carbocycles. The van der Waals surface area contributed by atoms with Gasteiger partial charge in [-0.2, -0.15) is 3.89 Å². The van der Waals surface area contributed by atoms with Crippen LogP contribution in [0.15, 0.2) is 87.5 Å². The first kappa shape index (κ1) is 22.6. The molecule has 0 saturated heterocycles. The molecule has 3 aromatic rings. The van der Waals surface area contributed by atoms with E-state index >= 15 is 3.89 Å². The van der Waals surface area contributed by atoms with E-state index in [1.165, 1.54) is 44.1 Å². The molecule has 0 bridgehead atoms. The van der Waals surface area contributed by atoms with Gasteiger partial charge in [0.05, 0.1) is 0 Å². The molecule has 0 unspecified atom stereocenters. The quantitative estimate of drug-likeness (QED) is 0.285. The molecule has 0 atom stereocenters. The van der Waals surface area contributed by atoms with Crippen LogP contribution in [0.25, 0.3) is 0 Å². The molecule has 2 heteroatoms. The third-order valence-electron chi connectivity index (χ3n) is 5.76. The van der Waals surface area contributed by atoms with Crippen molar-refractivity contribution < 1.29 is 3.89 Å². The molecule has 0 aliphatic heterocycles. The van der Waals surface area contributed by atoms with Crippen LogP contribution in [0.5, 0.6) is 0 Å². The molecule has 0 saturated carbocycles. The second kappa shape index (κ2) is 10.8. The third-order valence-corrected chi connectivity index (χ3v) is 8.52. The molecule has 30 heavy (non-hydrogen) atoms. The fourth-order valence-corrected chi connectivity index (χ4v) is 6.16. The molecule has 0 N–H and O–H groups in total. The molecule has 0 spiro atoms. The summed E-state index contributed by atoms with van der Waals surface area (Å²) in [5, 5.41) is 0. The zero-order valence-electron chi connectivity index (χ0n) is 18.7. The lowest BCUT2D eigenvalue weighted by molar-refractivity contribution is 0.607. The van der Waals surface area contributed by atoms with Crippen LogP contribution >= 0.6 is 10.4 Å². The van der Waals surface area contributed by atoms with Crippen molar-refractivity contribution in [3.05, 3.63) is 89.5 Å². The van der Waals surface area contributed by atoms with Crippen molar-refractivity contribution in [3.63, 3.8) is 0 Å². The monoisotopic (exact) mass is 422 g/mol. The minimum Gasteiger partial charge on any atom is -0.175 e. The molecule has 0 aliphatic rings. The normalized spacial score (nSPS) is 12.1. The van der Waals surface area contributed by atoms with E-state index in [0.29, 0.717) is 0 Å². The molecule has 3 aromatic carbocycles. The molecular formula is C28H35FS. The highest BCUT2D eigenvalue weighted by Crippen LogP contribution is 2.69. The standard InChI is InChI=1S/C28H35FS/c1-4-5-6-7-8-9-10-25-15-21-28(22-16-25)30(29,26-17-11-23(2)12-18-26)27-19-13-24(3)14-20-27/h11-22H,4-10H2,1-3H3. The summed E-state index contributed by atoms with van der Waals surface area (Å²) < 4.78 is 16.9. The van der Waals surface area contributed by atoms with Gasteiger partial charge in [0.25, 0.3) is 0 Å². The van der Waals surface area contributed by atoms with Crippen molar-refractivity contribution >= 4 is 10.4 Å². The van der Waals surface area contributed by atoms with Crippen molar-refractivity contribution in [2.24, 2.45) is 0 Å². The minimum atomic E-state index is -2.76. The Kier molecular flexibility index (Phi) is 8.16. The Morgan fingerprint density at radius 1 is 0.567 bits per heavy atom. The van der Waals surface area contributed by atoms with E-state index in [-0.39, 0.29) is 0 Å². The average molecular weight is 423 g/mol. The van der Waals surface area contributed by atoms with Crippen LogP contribution in [0.4, 0.5) is 3.89 Å². The summed E-state index contributed by atoms with van der Waals surface area (Å²) in [5.41, 5.74) is 3.61. The smallest absolute Gasteiger partial charge is 0.0263 e. The Balaban J connectivity index is 1.82. The second-order valence-electron chi connectivity index (χ2n) is 8.33. The number of hydrogen-bond acceptors (Lipinski definition) is 0. The Bertz CT molecular complexity index is 849. The lowest BCUT2D eigenvalue weighted by Gasteiger charge is -2.32. The lowest BCUT2D eigenvalue weighted by atomic mass is 10.1. The Hall–Kier alpha value is -2.06.